The van der Waals surface area contributed by atoms with E-state index in [1.807, 2.05) is 6.07 Å². The van der Waals surface area contributed by atoms with Gasteiger partial charge >= 0.3 is 0 Å². The molecule has 2 N–H and O–H groups in total. The fraction of sp³-hybridized carbons (Fsp3) is 0.160. The summed E-state index contributed by atoms with van der Waals surface area (Å²) in [4.78, 5) is 39.4. The fourth-order valence-electron chi connectivity index (χ4n) is 3.87. The molecule has 3 aromatic carbocycles. The zero-order chi connectivity index (χ0) is 23.7. The summed E-state index contributed by atoms with van der Waals surface area (Å²) in [6, 6.07) is 16.8. The summed E-state index contributed by atoms with van der Waals surface area (Å²) in [6.07, 6.45) is 0. The Kier molecular flexibility index (Phi) is 5.51. The van der Waals surface area contributed by atoms with Gasteiger partial charge in [-0.3, -0.25) is 19.3 Å². The van der Waals surface area contributed by atoms with Gasteiger partial charge in [0.15, 0.2) is 11.5 Å². The summed E-state index contributed by atoms with van der Waals surface area (Å²) in [5.74, 6) is 0.399. The molecule has 9 heteroatoms. The molecular weight excluding hydrogens is 438 g/mol. The molecular formula is C25H21N3O6. The van der Waals surface area contributed by atoms with Gasteiger partial charge in [-0.05, 0) is 48.5 Å². The van der Waals surface area contributed by atoms with Crippen LogP contribution in [0.3, 0.4) is 0 Å². The van der Waals surface area contributed by atoms with Crippen molar-refractivity contribution in [3.8, 4) is 17.2 Å². The van der Waals surface area contributed by atoms with Crippen LogP contribution in [0.15, 0.2) is 60.7 Å². The molecule has 3 amide bonds. The number of nitrogens with zero attached hydrogens (tertiary/aromatic N) is 1. The summed E-state index contributed by atoms with van der Waals surface area (Å²) < 4.78 is 16.5. The minimum atomic E-state index is -0.365. The minimum Gasteiger partial charge on any atom is -0.493 e. The number of para-hydroxylation sites is 2. The number of nitrogens with one attached hydrogen (secondary N) is 2. The number of ether oxygens (including phenoxy) is 3. The van der Waals surface area contributed by atoms with Crippen molar-refractivity contribution in [2.45, 2.75) is 0 Å². The Hall–Kier alpha value is -4.53. The van der Waals surface area contributed by atoms with Gasteiger partial charge in [0.2, 0.25) is 11.7 Å². The van der Waals surface area contributed by atoms with E-state index in [-0.39, 0.29) is 24.3 Å². The van der Waals surface area contributed by atoms with Gasteiger partial charge < -0.3 is 24.8 Å². The van der Waals surface area contributed by atoms with Crippen LogP contribution >= 0.6 is 0 Å². The molecule has 2 aliphatic rings. The molecule has 0 atom stereocenters. The Morgan fingerprint density at radius 2 is 1.76 bits per heavy atom. The zero-order valence-corrected chi connectivity index (χ0v) is 18.3. The van der Waals surface area contributed by atoms with Crippen LogP contribution < -0.4 is 29.7 Å². The highest BCUT2D eigenvalue weighted by molar-refractivity contribution is 6.15. The fourth-order valence-corrected chi connectivity index (χ4v) is 3.87. The second-order valence-corrected chi connectivity index (χ2v) is 7.69. The first-order valence-corrected chi connectivity index (χ1v) is 10.6. The number of amides is 3. The van der Waals surface area contributed by atoms with Crippen molar-refractivity contribution < 1.29 is 28.6 Å². The smallest absolute Gasteiger partial charge is 0.258 e. The Bertz CT molecular complexity index is 1270. The number of fused-ring (bicyclic) bond motifs is 2. The third-order valence-corrected chi connectivity index (χ3v) is 5.50. The lowest BCUT2D eigenvalue weighted by atomic mass is 10.1. The van der Waals surface area contributed by atoms with Crippen LogP contribution in [-0.2, 0) is 4.79 Å². The summed E-state index contributed by atoms with van der Waals surface area (Å²) >= 11 is 0. The van der Waals surface area contributed by atoms with Crippen LogP contribution in [-0.4, -0.2) is 44.6 Å². The minimum absolute atomic E-state index is 0.0692. The van der Waals surface area contributed by atoms with E-state index in [9.17, 15) is 14.4 Å². The van der Waals surface area contributed by atoms with Gasteiger partial charge in [-0.1, -0.05) is 12.1 Å². The number of anilines is 3. The number of methoxy groups -OCH3 is 1. The van der Waals surface area contributed by atoms with Gasteiger partial charge in [0.05, 0.1) is 18.5 Å². The number of carbonyl (C=O) groups excluding carboxylic acids is 3. The zero-order valence-electron chi connectivity index (χ0n) is 18.3. The molecule has 172 valence electrons. The largest absolute Gasteiger partial charge is 0.493 e. The van der Waals surface area contributed by atoms with Crippen molar-refractivity contribution in [1.29, 1.82) is 0 Å². The van der Waals surface area contributed by atoms with Crippen molar-refractivity contribution in [2.24, 2.45) is 0 Å². The van der Waals surface area contributed by atoms with E-state index in [0.29, 0.717) is 58.7 Å². The highest BCUT2D eigenvalue weighted by Crippen LogP contribution is 2.40. The molecule has 2 heterocycles. The molecule has 0 fully saturated rings. The predicted octanol–water partition coefficient (Wildman–Crippen LogP) is 3.32. The Morgan fingerprint density at radius 1 is 1.00 bits per heavy atom. The van der Waals surface area contributed by atoms with Crippen LogP contribution in [0.25, 0.3) is 0 Å². The third kappa shape index (κ3) is 3.99. The average Bonchev–Trinajstić information content (AvgIpc) is 2.87. The second kappa shape index (κ2) is 8.78. The molecule has 0 saturated carbocycles. The molecule has 5 rings (SSSR count). The summed E-state index contributed by atoms with van der Waals surface area (Å²) in [6.45, 7) is 0.730. The van der Waals surface area contributed by atoms with Crippen LogP contribution in [0.5, 0.6) is 17.2 Å². The molecule has 0 unspecified atom stereocenters. The van der Waals surface area contributed by atoms with Gasteiger partial charge in [0.1, 0.15) is 19.8 Å². The molecule has 0 radical (unpaired) electrons. The Labute approximate surface area is 195 Å². The van der Waals surface area contributed by atoms with Gasteiger partial charge in [-0.2, -0.15) is 0 Å². The number of hydrogen-bond donors (Lipinski definition) is 2. The molecule has 0 bridgehead atoms. The summed E-state index contributed by atoms with van der Waals surface area (Å²) in [7, 11) is 1.50. The predicted molar refractivity (Wildman–Crippen MR) is 125 cm³/mol. The Balaban J connectivity index is 1.33. The van der Waals surface area contributed by atoms with Gasteiger partial charge in [-0.25, -0.2) is 0 Å². The third-order valence-electron chi connectivity index (χ3n) is 5.50. The first-order valence-electron chi connectivity index (χ1n) is 10.6. The number of hydrogen-bond acceptors (Lipinski definition) is 6. The maximum Gasteiger partial charge on any atom is 0.258 e. The van der Waals surface area contributed by atoms with Crippen LogP contribution in [0.1, 0.15) is 20.7 Å². The topological polar surface area (TPSA) is 106 Å². The highest BCUT2D eigenvalue weighted by Gasteiger charge is 2.27. The highest BCUT2D eigenvalue weighted by atomic mass is 16.6. The number of benzene rings is 3. The normalized spacial score (nSPS) is 14.0. The SMILES string of the molecule is COc1cc(C(=O)Nc2ccc(C(=O)N3CC(=O)Nc4ccccc43)cc2)cc2c1OCCO2. The number of carbonyl (C=O) groups is 3. The number of rotatable bonds is 4. The lowest BCUT2D eigenvalue weighted by Gasteiger charge is -2.29. The van der Waals surface area contributed by atoms with E-state index in [0.717, 1.165) is 0 Å². The van der Waals surface area contributed by atoms with Gasteiger partial charge in [0, 0.05) is 16.8 Å². The van der Waals surface area contributed by atoms with Crippen LogP contribution in [0.4, 0.5) is 17.1 Å². The first kappa shape index (κ1) is 21.3. The molecule has 0 aromatic heterocycles. The van der Waals surface area contributed by atoms with E-state index < -0.39 is 0 Å². The summed E-state index contributed by atoms with van der Waals surface area (Å²) in [5.41, 5.74) is 2.47. The van der Waals surface area contributed by atoms with E-state index in [1.165, 1.54) is 12.0 Å². The van der Waals surface area contributed by atoms with Crippen molar-refractivity contribution in [3.63, 3.8) is 0 Å². The van der Waals surface area contributed by atoms with Crippen molar-refractivity contribution in [2.75, 3.05) is 42.4 Å². The molecule has 0 spiro atoms. The van der Waals surface area contributed by atoms with Crippen molar-refractivity contribution in [1.82, 2.24) is 0 Å². The maximum atomic E-state index is 13.1. The lowest BCUT2D eigenvalue weighted by molar-refractivity contribution is -0.115. The van der Waals surface area contributed by atoms with E-state index >= 15 is 0 Å². The van der Waals surface area contributed by atoms with E-state index in [2.05, 4.69) is 10.6 Å². The maximum absolute atomic E-state index is 13.1. The molecule has 0 saturated heterocycles. The van der Waals surface area contributed by atoms with Crippen LogP contribution in [0.2, 0.25) is 0 Å². The second-order valence-electron chi connectivity index (χ2n) is 7.69. The van der Waals surface area contributed by atoms with Crippen molar-refractivity contribution in [3.05, 3.63) is 71.8 Å². The average molecular weight is 459 g/mol. The van der Waals surface area contributed by atoms with E-state index in [1.54, 1.807) is 54.6 Å². The van der Waals surface area contributed by atoms with Gasteiger partial charge in [-0.15, -0.1) is 0 Å². The quantitative estimate of drug-likeness (QED) is 0.620. The Morgan fingerprint density at radius 3 is 2.56 bits per heavy atom. The van der Waals surface area contributed by atoms with Crippen molar-refractivity contribution >= 4 is 34.8 Å². The summed E-state index contributed by atoms with van der Waals surface area (Å²) in [5, 5.41) is 5.57. The monoisotopic (exact) mass is 459 g/mol. The molecule has 9 nitrogen and oxygen atoms in total. The molecule has 34 heavy (non-hydrogen) atoms. The molecule has 3 aromatic rings. The van der Waals surface area contributed by atoms with E-state index in [4.69, 9.17) is 14.2 Å². The molecule has 0 aliphatic carbocycles. The lowest BCUT2D eigenvalue weighted by Crippen LogP contribution is -2.42. The molecule has 2 aliphatic heterocycles. The first-order chi connectivity index (χ1) is 16.5. The van der Waals surface area contributed by atoms with Gasteiger partial charge in [0.25, 0.3) is 11.8 Å². The standard InChI is InChI=1S/C25H21N3O6/c1-32-20-12-16(13-21-23(20)34-11-10-33-21)24(30)26-17-8-6-15(7-9-17)25(31)28-14-22(29)27-18-4-2-3-5-19(18)28/h2-9,12-13H,10-11,14H2,1H3,(H,26,30)(H,27,29). The van der Waals surface area contributed by atoms with Crippen LogP contribution in [0, 0.1) is 0 Å².